The second-order valence-corrected chi connectivity index (χ2v) is 4.49. The number of aromatic amines is 1. The predicted octanol–water partition coefficient (Wildman–Crippen LogP) is 2.63. The molecule has 0 fully saturated rings. The highest BCUT2D eigenvalue weighted by molar-refractivity contribution is 6.31. The van der Waals surface area contributed by atoms with E-state index in [4.69, 9.17) is 16.3 Å². The van der Waals surface area contributed by atoms with Crippen molar-refractivity contribution < 1.29 is 4.74 Å². The van der Waals surface area contributed by atoms with Crippen LogP contribution in [0.4, 0.5) is 5.95 Å². The van der Waals surface area contributed by atoms with Crippen LogP contribution in [0.1, 0.15) is 5.56 Å². The molecule has 0 amide bonds. The molecule has 0 atom stereocenters. The van der Waals surface area contributed by atoms with E-state index in [0.717, 1.165) is 5.56 Å². The van der Waals surface area contributed by atoms with Gasteiger partial charge in [0.1, 0.15) is 12.1 Å². The van der Waals surface area contributed by atoms with Gasteiger partial charge in [0.25, 0.3) is 0 Å². The van der Waals surface area contributed by atoms with Crippen LogP contribution in [-0.2, 0) is 6.61 Å². The lowest BCUT2D eigenvalue weighted by Crippen LogP contribution is -2.03. The first kappa shape index (κ1) is 12.7. The molecule has 0 aliphatic carbocycles. The summed E-state index contributed by atoms with van der Waals surface area (Å²) in [5.74, 6) is 0.899. The molecule has 6 nitrogen and oxygen atoms in total. The molecule has 0 radical (unpaired) electrons. The van der Waals surface area contributed by atoms with Gasteiger partial charge in [-0.05, 0) is 6.07 Å². The highest BCUT2D eigenvalue weighted by Gasteiger charge is 2.11. The molecule has 3 aromatic rings. The van der Waals surface area contributed by atoms with E-state index in [2.05, 4.69) is 25.3 Å². The number of nitrogens with one attached hydrogen (secondary N) is 2. The Morgan fingerprint density at radius 2 is 2.15 bits per heavy atom. The molecule has 2 aromatic heterocycles. The zero-order chi connectivity index (χ0) is 13.9. The summed E-state index contributed by atoms with van der Waals surface area (Å²) in [4.78, 5) is 15.6. The van der Waals surface area contributed by atoms with Crippen LogP contribution in [0.15, 0.2) is 30.6 Å². The molecule has 0 saturated carbocycles. The van der Waals surface area contributed by atoms with Crippen LogP contribution in [0.3, 0.4) is 0 Å². The van der Waals surface area contributed by atoms with E-state index in [-0.39, 0.29) is 0 Å². The van der Waals surface area contributed by atoms with Crippen molar-refractivity contribution in [3.05, 3.63) is 41.2 Å². The molecular formula is C13H12ClN5O. The van der Waals surface area contributed by atoms with Crippen molar-refractivity contribution in [1.82, 2.24) is 19.9 Å². The van der Waals surface area contributed by atoms with Gasteiger partial charge in [0.15, 0.2) is 5.65 Å². The minimum Gasteiger partial charge on any atom is -0.471 e. The average molecular weight is 290 g/mol. The highest BCUT2D eigenvalue weighted by atomic mass is 35.5. The number of fused-ring (bicyclic) bond motifs is 1. The maximum absolute atomic E-state index is 6.10. The van der Waals surface area contributed by atoms with E-state index in [9.17, 15) is 0 Å². The summed E-state index contributed by atoms with van der Waals surface area (Å²) in [5, 5.41) is 3.54. The van der Waals surface area contributed by atoms with E-state index < -0.39 is 0 Å². The van der Waals surface area contributed by atoms with Crippen LogP contribution in [-0.4, -0.2) is 27.0 Å². The van der Waals surface area contributed by atoms with Gasteiger partial charge in [-0.1, -0.05) is 29.8 Å². The smallest absolute Gasteiger partial charge is 0.245 e. The summed E-state index contributed by atoms with van der Waals surface area (Å²) in [6, 6.07) is 7.52. The predicted molar refractivity (Wildman–Crippen MR) is 77.0 cm³/mol. The Hall–Kier alpha value is -2.34. The summed E-state index contributed by atoms with van der Waals surface area (Å²) in [5.41, 5.74) is 2.11. The van der Waals surface area contributed by atoms with Crippen molar-refractivity contribution in [2.24, 2.45) is 0 Å². The third-order valence-electron chi connectivity index (χ3n) is 2.80. The Morgan fingerprint density at radius 1 is 1.30 bits per heavy atom. The Morgan fingerprint density at radius 3 is 2.95 bits per heavy atom. The van der Waals surface area contributed by atoms with Gasteiger partial charge >= 0.3 is 0 Å². The number of hydrogen-bond donors (Lipinski definition) is 2. The second-order valence-electron chi connectivity index (χ2n) is 4.08. The number of H-pyrrole nitrogens is 1. The van der Waals surface area contributed by atoms with Crippen LogP contribution < -0.4 is 10.1 Å². The van der Waals surface area contributed by atoms with Gasteiger partial charge in [-0.15, -0.1) is 0 Å². The Balaban J connectivity index is 1.90. The van der Waals surface area contributed by atoms with Crippen LogP contribution in [0.2, 0.25) is 5.02 Å². The molecule has 0 bridgehead atoms. The quantitative estimate of drug-likeness (QED) is 0.772. The van der Waals surface area contributed by atoms with E-state index in [1.54, 1.807) is 13.4 Å². The first-order valence-corrected chi connectivity index (χ1v) is 6.41. The Bertz CT molecular complexity index is 742. The van der Waals surface area contributed by atoms with Gasteiger partial charge in [0.2, 0.25) is 11.8 Å². The fraction of sp³-hybridized carbons (Fsp3) is 0.154. The molecule has 0 aliphatic heterocycles. The van der Waals surface area contributed by atoms with Crippen molar-refractivity contribution in [3.63, 3.8) is 0 Å². The Kier molecular flexibility index (Phi) is 3.39. The van der Waals surface area contributed by atoms with Crippen LogP contribution in [0, 0.1) is 0 Å². The molecule has 0 saturated heterocycles. The van der Waals surface area contributed by atoms with Gasteiger partial charge in [-0.2, -0.15) is 9.97 Å². The average Bonchev–Trinajstić information content (AvgIpc) is 2.94. The van der Waals surface area contributed by atoms with Crippen LogP contribution in [0.5, 0.6) is 5.88 Å². The fourth-order valence-corrected chi connectivity index (χ4v) is 1.97. The maximum Gasteiger partial charge on any atom is 0.245 e. The number of anilines is 1. The minimum atomic E-state index is 0.327. The Labute approximate surface area is 120 Å². The van der Waals surface area contributed by atoms with Gasteiger partial charge in [-0.25, -0.2) is 4.98 Å². The molecule has 0 spiro atoms. The minimum absolute atomic E-state index is 0.327. The molecule has 2 heterocycles. The van der Waals surface area contributed by atoms with Crippen molar-refractivity contribution in [1.29, 1.82) is 0 Å². The van der Waals surface area contributed by atoms with Crippen LogP contribution in [0.25, 0.3) is 11.2 Å². The number of rotatable bonds is 4. The molecular weight excluding hydrogens is 278 g/mol. The zero-order valence-electron chi connectivity index (χ0n) is 10.7. The number of aromatic nitrogens is 4. The number of ether oxygens (including phenoxy) is 1. The summed E-state index contributed by atoms with van der Waals surface area (Å²) in [7, 11) is 1.74. The van der Waals surface area contributed by atoms with Crippen molar-refractivity contribution in [2.75, 3.05) is 12.4 Å². The molecule has 1 aromatic carbocycles. The van der Waals surface area contributed by atoms with Gasteiger partial charge in [0.05, 0.1) is 6.33 Å². The van der Waals surface area contributed by atoms with E-state index in [1.807, 2.05) is 24.3 Å². The normalized spacial score (nSPS) is 10.7. The van der Waals surface area contributed by atoms with Gasteiger partial charge in [0, 0.05) is 17.6 Å². The molecule has 3 rings (SSSR count). The zero-order valence-corrected chi connectivity index (χ0v) is 11.5. The number of imidazole rings is 1. The first-order valence-electron chi connectivity index (χ1n) is 6.03. The van der Waals surface area contributed by atoms with E-state index in [0.29, 0.717) is 34.6 Å². The van der Waals surface area contributed by atoms with Crippen LogP contribution >= 0.6 is 11.6 Å². The van der Waals surface area contributed by atoms with Gasteiger partial charge < -0.3 is 15.0 Å². The van der Waals surface area contributed by atoms with Crippen molar-refractivity contribution >= 4 is 28.7 Å². The lowest BCUT2D eigenvalue weighted by Gasteiger charge is -2.08. The fourth-order valence-electron chi connectivity index (χ4n) is 1.78. The number of hydrogen-bond acceptors (Lipinski definition) is 5. The summed E-state index contributed by atoms with van der Waals surface area (Å²) < 4.78 is 5.74. The molecule has 102 valence electrons. The number of nitrogens with zero attached hydrogens (tertiary/aromatic N) is 3. The number of halogens is 1. The number of benzene rings is 1. The third-order valence-corrected chi connectivity index (χ3v) is 3.17. The summed E-state index contributed by atoms with van der Waals surface area (Å²) >= 11 is 6.10. The molecule has 7 heteroatoms. The second kappa shape index (κ2) is 5.34. The molecule has 20 heavy (non-hydrogen) atoms. The van der Waals surface area contributed by atoms with Gasteiger partial charge in [-0.3, -0.25) is 0 Å². The van der Waals surface area contributed by atoms with E-state index in [1.165, 1.54) is 0 Å². The van der Waals surface area contributed by atoms with Crippen molar-refractivity contribution in [2.45, 2.75) is 6.61 Å². The summed E-state index contributed by atoms with van der Waals surface area (Å²) in [6.45, 7) is 0.327. The first-order chi connectivity index (χ1) is 9.78. The lowest BCUT2D eigenvalue weighted by atomic mass is 10.2. The topological polar surface area (TPSA) is 75.7 Å². The monoisotopic (exact) mass is 289 g/mol. The largest absolute Gasteiger partial charge is 0.471 e. The third kappa shape index (κ3) is 2.37. The maximum atomic E-state index is 6.10. The highest BCUT2D eigenvalue weighted by Crippen LogP contribution is 2.23. The molecule has 2 N–H and O–H groups in total. The van der Waals surface area contributed by atoms with Crippen molar-refractivity contribution in [3.8, 4) is 5.88 Å². The molecule has 0 unspecified atom stereocenters. The van der Waals surface area contributed by atoms with E-state index >= 15 is 0 Å². The SMILES string of the molecule is CNc1nc(OCc2ccccc2Cl)c2[nH]cnc2n1. The molecule has 0 aliphatic rings. The summed E-state index contributed by atoms with van der Waals surface area (Å²) in [6.07, 6.45) is 1.56. The lowest BCUT2D eigenvalue weighted by molar-refractivity contribution is 0.297. The standard InChI is InChI=1S/C13H12ClN5O/c1-15-13-18-11-10(16-7-17-11)12(19-13)20-6-8-4-2-3-5-9(8)14/h2-5,7H,6H2,1H3,(H2,15,16,17,18,19).